The summed E-state index contributed by atoms with van der Waals surface area (Å²) in [5.74, 6) is 0.882. The van der Waals surface area contributed by atoms with Crippen molar-refractivity contribution < 1.29 is 0 Å². The van der Waals surface area contributed by atoms with Gasteiger partial charge in [0.15, 0.2) is 0 Å². The molecule has 2 atom stereocenters. The standard InChI is InChI=1S/C16H19N/c1-12-6-8-15(10-12)17-16-9-7-13-4-2-3-5-14(13)11-16/h2-5,7,9,11-12,15,17H,6,8,10H2,1H3. The average molecular weight is 225 g/mol. The molecule has 17 heavy (non-hydrogen) atoms. The Bertz CT molecular complexity index is 518. The van der Waals surface area contributed by atoms with E-state index in [1.165, 1.54) is 35.7 Å². The lowest BCUT2D eigenvalue weighted by molar-refractivity contribution is 0.602. The first-order chi connectivity index (χ1) is 8.31. The molecule has 1 saturated carbocycles. The van der Waals surface area contributed by atoms with E-state index in [0.717, 1.165) is 5.92 Å². The van der Waals surface area contributed by atoms with Gasteiger partial charge in [-0.1, -0.05) is 37.3 Å². The second kappa shape index (κ2) is 4.40. The van der Waals surface area contributed by atoms with Crippen LogP contribution in [0.3, 0.4) is 0 Å². The molecule has 0 aliphatic heterocycles. The maximum atomic E-state index is 3.66. The van der Waals surface area contributed by atoms with Crippen molar-refractivity contribution in [1.29, 1.82) is 0 Å². The fraction of sp³-hybridized carbons (Fsp3) is 0.375. The summed E-state index contributed by atoms with van der Waals surface area (Å²) in [4.78, 5) is 0. The van der Waals surface area contributed by atoms with Crippen LogP contribution in [0.25, 0.3) is 10.8 Å². The van der Waals surface area contributed by atoms with Crippen LogP contribution in [0.2, 0.25) is 0 Å². The molecule has 0 spiro atoms. The van der Waals surface area contributed by atoms with Gasteiger partial charge in [-0.3, -0.25) is 0 Å². The number of rotatable bonds is 2. The molecule has 0 saturated heterocycles. The minimum atomic E-state index is 0.672. The molecule has 0 radical (unpaired) electrons. The molecule has 3 rings (SSSR count). The van der Waals surface area contributed by atoms with E-state index in [0.29, 0.717) is 6.04 Å². The monoisotopic (exact) mass is 225 g/mol. The molecular formula is C16H19N. The van der Waals surface area contributed by atoms with Crippen molar-refractivity contribution in [2.75, 3.05) is 5.32 Å². The molecule has 0 heterocycles. The van der Waals surface area contributed by atoms with E-state index in [1.54, 1.807) is 0 Å². The third kappa shape index (κ3) is 2.28. The third-order valence-corrected chi connectivity index (χ3v) is 3.82. The maximum Gasteiger partial charge on any atom is 0.0348 e. The second-order valence-electron chi connectivity index (χ2n) is 5.32. The summed E-state index contributed by atoms with van der Waals surface area (Å²) in [5, 5.41) is 6.30. The lowest BCUT2D eigenvalue weighted by Crippen LogP contribution is -2.14. The van der Waals surface area contributed by atoms with Crippen LogP contribution in [-0.4, -0.2) is 6.04 Å². The van der Waals surface area contributed by atoms with E-state index < -0.39 is 0 Å². The summed E-state index contributed by atoms with van der Waals surface area (Å²) in [5.41, 5.74) is 1.27. The van der Waals surface area contributed by atoms with Crippen LogP contribution >= 0.6 is 0 Å². The van der Waals surface area contributed by atoms with Gasteiger partial charge in [-0.15, -0.1) is 0 Å². The quantitative estimate of drug-likeness (QED) is 0.796. The fourth-order valence-corrected chi connectivity index (χ4v) is 2.85. The Kier molecular flexibility index (Phi) is 2.76. The highest BCUT2D eigenvalue weighted by atomic mass is 14.9. The smallest absolute Gasteiger partial charge is 0.0348 e. The van der Waals surface area contributed by atoms with Crippen LogP contribution in [-0.2, 0) is 0 Å². The van der Waals surface area contributed by atoms with Crippen molar-refractivity contribution in [1.82, 2.24) is 0 Å². The average Bonchev–Trinajstić information content (AvgIpc) is 2.75. The molecule has 1 aliphatic carbocycles. The van der Waals surface area contributed by atoms with Gasteiger partial charge in [0.1, 0.15) is 0 Å². The maximum absolute atomic E-state index is 3.66. The number of anilines is 1. The first-order valence-electron chi connectivity index (χ1n) is 6.56. The zero-order valence-corrected chi connectivity index (χ0v) is 10.3. The van der Waals surface area contributed by atoms with Gasteiger partial charge in [-0.25, -0.2) is 0 Å². The Morgan fingerprint density at radius 2 is 1.82 bits per heavy atom. The van der Waals surface area contributed by atoms with E-state index >= 15 is 0 Å². The van der Waals surface area contributed by atoms with Gasteiger partial charge in [0, 0.05) is 11.7 Å². The van der Waals surface area contributed by atoms with Gasteiger partial charge in [0.2, 0.25) is 0 Å². The molecule has 88 valence electrons. The van der Waals surface area contributed by atoms with Crippen molar-refractivity contribution in [3.63, 3.8) is 0 Å². The van der Waals surface area contributed by atoms with Gasteiger partial charge in [-0.05, 0) is 48.1 Å². The Morgan fingerprint density at radius 3 is 2.59 bits per heavy atom. The van der Waals surface area contributed by atoms with Crippen molar-refractivity contribution in [2.24, 2.45) is 5.92 Å². The molecule has 2 aromatic carbocycles. The number of hydrogen-bond acceptors (Lipinski definition) is 1. The van der Waals surface area contributed by atoms with Gasteiger partial charge in [0.25, 0.3) is 0 Å². The van der Waals surface area contributed by atoms with Crippen molar-refractivity contribution in [3.8, 4) is 0 Å². The molecule has 0 amide bonds. The topological polar surface area (TPSA) is 12.0 Å². The summed E-state index contributed by atoms with van der Waals surface area (Å²) >= 11 is 0. The number of nitrogens with one attached hydrogen (secondary N) is 1. The first-order valence-corrected chi connectivity index (χ1v) is 6.56. The minimum Gasteiger partial charge on any atom is -0.382 e. The van der Waals surface area contributed by atoms with Crippen LogP contribution in [0.1, 0.15) is 26.2 Å². The second-order valence-corrected chi connectivity index (χ2v) is 5.32. The number of benzene rings is 2. The predicted octanol–water partition coefficient (Wildman–Crippen LogP) is 4.44. The molecule has 1 nitrogen and oxygen atoms in total. The zero-order chi connectivity index (χ0) is 11.7. The number of fused-ring (bicyclic) bond motifs is 1. The first kappa shape index (κ1) is 10.6. The summed E-state index contributed by atoms with van der Waals surface area (Å²) < 4.78 is 0. The molecule has 0 bridgehead atoms. The summed E-state index contributed by atoms with van der Waals surface area (Å²) in [6.45, 7) is 2.35. The molecule has 2 aromatic rings. The highest BCUT2D eigenvalue weighted by Gasteiger charge is 2.20. The van der Waals surface area contributed by atoms with Crippen molar-refractivity contribution in [2.45, 2.75) is 32.2 Å². The lowest BCUT2D eigenvalue weighted by Gasteiger charge is -2.14. The van der Waals surface area contributed by atoms with E-state index in [9.17, 15) is 0 Å². The van der Waals surface area contributed by atoms with Gasteiger partial charge < -0.3 is 5.32 Å². The third-order valence-electron chi connectivity index (χ3n) is 3.82. The van der Waals surface area contributed by atoms with Crippen LogP contribution < -0.4 is 5.32 Å². The van der Waals surface area contributed by atoms with Gasteiger partial charge >= 0.3 is 0 Å². The zero-order valence-electron chi connectivity index (χ0n) is 10.3. The van der Waals surface area contributed by atoms with Crippen molar-refractivity contribution in [3.05, 3.63) is 42.5 Å². The Morgan fingerprint density at radius 1 is 1.00 bits per heavy atom. The van der Waals surface area contributed by atoms with Crippen molar-refractivity contribution >= 4 is 16.5 Å². The van der Waals surface area contributed by atoms with Crippen LogP contribution in [0, 0.1) is 5.92 Å². The largest absolute Gasteiger partial charge is 0.382 e. The Hall–Kier alpha value is -1.50. The highest BCUT2D eigenvalue weighted by molar-refractivity contribution is 5.85. The van der Waals surface area contributed by atoms with Gasteiger partial charge in [-0.2, -0.15) is 0 Å². The highest BCUT2D eigenvalue weighted by Crippen LogP contribution is 2.28. The molecule has 0 aromatic heterocycles. The summed E-state index contributed by atoms with van der Waals surface area (Å²) in [6.07, 6.45) is 3.99. The van der Waals surface area contributed by atoms with E-state index in [1.807, 2.05) is 0 Å². The molecule has 1 N–H and O–H groups in total. The molecular weight excluding hydrogens is 206 g/mol. The minimum absolute atomic E-state index is 0.672. The van der Waals surface area contributed by atoms with Gasteiger partial charge in [0.05, 0.1) is 0 Å². The van der Waals surface area contributed by atoms with E-state index in [2.05, 4.69) is 54.7 Å². The molecule has 1 heteroatoms. The Balaban J connectivity index is 1.81. The summed E-state index contributed by atoms with van der Waals surface area (Å²) in [7, 11) is 0. The van der Waals surface area contributed by atoms with Crippen LogP contribution in [0.4, 0.5) is 5.69 Å². The molecule has 1 fully saturated rings. The van der Waals surface area contributed by atoms with Crippen LogP contribution in [0.15, 0.2) is 42.5 Å². The molecule has 2 unspecified atom stereocenters. The fourth-order valence-electron chi connectivity index (χ4n) is 2.85. The molecule has 1 aliphatic rings. The number of hydrogen-bond donors (Lipinski definition) is 1. The van der Waals surface area contributed by atoms with E-state index in [-0.39, 0.29) is 0 Å². The predicted molar refractivity (Wildman–Crippen MR) is 74.4 cm³/mol. The summed E-state index contributed by atoms with van der Waals surface area (Å²) in [6, 6.07) is 15.9. The van der Waals surface area contributed by atoms with Crippen LogP contribution in [0.5, 0.6) is 0 Å². The normalized spacial score (nSPS) is 24.1. The lowest BCUT2D eigenvalue weighted by atomic mass is 10.1. The van der Waals surface area contributed by atoms with E-state index in [4.69, 9.17) is 0 Å². The Labute approximate surface area is 103 Å². The SMILES string of the molecule is CC1CCC(Nc2ccc3ccccc3c2)C1.